The highest BCUT2D eigenvalue weighted by molar-refractivity contribution is 5.63. The number of nitrogen functional groups attached to an aromatic ring is 1. The lowest BCUT2D eigenvalue weighted by Gasteiger charge is -2.05. The van der Waals surface area contributed by atoms with Crippen molar-refractivity contribution in [2.75, 3.05) is 5.73 Å². The van der Waals surface area contributed by atoms with Crippen LogP contribution >= 0.6 is 0 Å². The molecular weight excluding hydrogens is 193 g/mol. The van der Waals surface area contributed by atoms with Crippen LogP contribution in [0.4, 0.5) is 10.2 Å². The van der Waals surface area contributed by atoms with Crippen molar-refractivity contribution < 1.29 is 4.39 Å². The minimum absolute atomic E-state index is 0.253. The molecule has 0 bridgehead atoms. The van der Waals surface area contributed by atoms with Gasteiger partial charge in [0.1, 0.15) is 11.6 Å². The van der Waals surface area contributed by atoms with Crippen LogP contribution in [0.5, 0.6) is 0 Å². The van der Waals surface area contributed by atoms with Gasteiger partial charge < -0.3 is 5.73 Å². The molecule has 2 rings (SSSR count). The number of nitrogens with zero attached hydrogens (tertiary/aromatic N) is 2. The van der Waals surface area contributed by atoms with Gasteiger partial charge in [-0.2, -0.15) is 0 Å². The fraction of sp³-hybridized carbons (Fsp3) is 0.0909. The molecule has 0 radical (unpaired) electrons. The largest absolute Gasteiger partial charge is 0.382 e. The monoisotopic (exact) mass is 203 g/mol. The number of hydrogen-bond donors (Lipinski definition) is 1. The van der Waals surface area contributed by atoms with Crippen molar-refractivity contribution in [3.8, 4) is 11.3 Å². The summed E-state index contributed by atoms with van der Waals surface area (Å²) in [6, 6.07) is 4.85. The van der Waals surface area contributed by atoms with Gasteiger partial charge in [-0.1, -0.05) is 12.1 Å². The van der Waals surface area contributed by atoms with Gasteiger partial charge in [-0.15, -0.1) is 0 Å². The minimum Gasteiger partial charge on any atom is -0.382 e. The van der Waals surface area contributed by atoms with Gasteiger partial charge in [0.05, 0.1) is 18.1 Å². The maximum absolute atomic E-state index is 13.3. The molecule has 0 aliphatic carbocycles. The summed E-state index contributed by atoms with van der Waals surface area (Å²) in [5, 5.41) is 0. The first kappa shape index (κ1) is 9.58. The van der Waals surface area contributed by atoms with Gasteiger partial charge in [0.15, 0.2) is 0 Å². The van der Waals surface area contributed by atoms with Gasteiger partial charge >= 0.3 is 0 Å². The Bertz CT molecular complexity index is 497. The minimum atomic E-state index is -0.253. The molecule has 0 unspecified atom stereocenters. The molecule has 0 aliphatic rings. The van der Waals surface area contributed by atoms with E-state index in [9.17, 15) is 4.39 Å². The van der Waals surface area contributed by atoms with Crippen molar-refractivity contribution >= 4 is 5.82 Å². The summed E-state index contributed by atoms with van der Waals surface area (Å²) >= 11 is 0. The lowest BCUT2D eigenvalue weighted by Crippen LogP contribution is -1.95. The fourth-order valence-corrected chi connectivity index (χ4v) is 1.40. The van der Waals surface area contributed by atoms with E-state index in [1.165, 1.54) is 12.3 Å². The predicted molar refractivity (Wildman–Crippen MR) is 56.6 cm³/mol. The second-order valence-electron chi connectivity index (χ2n) is 3.24. The molecule has 1 aromatic heterocycles. The van der Waals surface area contributed by atoms with Gasteiger partial charge in [-0.3, -0.25) is 4.98 Å². The third-order valence-electron chi connectivity index (χ3n) is 2.20. The summed E-state index contributed by atoms with van der Waals surface area (Å²) in [6.45, 7) is 1.70. The molecule has 3 nitrogen and oxygen atoms in total. The van der Waals surface area contributed by atoms with Crippen molar-refractivity contribution in [3.05, 3.63) is 42.0 Å². The Morgan fingerprint density at radius 2 is 2.07 bits per heavy atom. The zero-order chi connectivity index (χ0) is 10.8. The van der Waals surface area contributed by atoms with Crippen LogP contribution < -0.4 is 5.73 Å². The van der Waals surface area contributed by atoms with Crippen LogP contribution in [0.25, 0.3) is 11.3 Å². The first-order chi connectivity index (χ1) is 7.18. The number of anilines is 1. The molecule has 15 heavy (non-hydrogen) atoms. The van der Waals surface area contributed by atoms with E-state index in [2.05, 4.69) is 9.97 Å². The molecule has 0 spiro atoms. The van der Waals surface area contributed by atoms with Crippen LogP contribution in [0.1, 0.15) is 5.56 Å². The maximum Gasteiger partial charge on any atom is 0.142 e. The van der Waals surface area contributed by atoms with Crippen LogP contribution in [0.2, 0.25) is 0 Å². The molecule has 0 saturated heterocycles. The van der Waals surface area contributed by atoms with E-state index < -0.39 is 0 Å². The number of aromatic nitrogens is 2. The van der Waals surface area contributed by atoms with E-state index in [1.807, 2.05) is 0 Å². The highest BCUT2D eigenvalue weighted by atomic mass is 19.1. The van der Waals surface area contributed by atoms with Crippen LogP contribution in [0.3, 0.4) is 0 Å². The van der Waals surface area contributed by atoms with Crippen molar-refractivity contribution in [1.82, 2.24) is 9.97 Å². The number of rotatable bonds is 1. The Morgan fingerprint density at radius 3 is 2.80 bits per heavy atom. The fourth-order valence-electron chi connectivity index (χ4n) is 1.40. The average Bonchev–Trinajstić information content (AvgIpc) is 2.22. The zero-order valence-corrected chi connectivity index (χ0v) is 8.24. The van der Waals surface area contributed by atoms with Crippen LogP contribution in [0.15, 0.2) is 30.6 Å². The normalized spacial score (nSPS) is 10.3. The van der Waals surface area contributed by atoms with Gasteiger partial charge in [-0.05, 0) is 18.6 Å². The van der Waals surface area contributed by atoms with Crippen molar-refractivity contribution in [3.63, 3.8) is 0 Å². The summed E-state index contributed by atoms with van der Waals surface area (Å²) in [5.41, 5.74) is 7.38. The van der Waals surface area contributed by atoms with Crippen molar-refractivity contribution in [2.24, 2.45) is 0 Å². The number of halogens is 1. The van der Waals surface area contributed by atoms with Crippen molar-refractivity contribution in [1.29, 1.82) is 0 Å². The van der Waals surface area contributed by atoms with Crippen LogP contribution in [-0.2, 0) is 0 Å². The van der Waals surface area contributed by atoms with E-state index in [0.29, 0.717) is 17.1 Å². The van der Waals surface area contributed by atoms with E-state index >= 15 is 0 Å². The third kappa shape index (κ3) is 1.79. The zero-order valence-electron chi connectivity index (χ0n) is 8.24. The highest BCUT2D eigenvalue weighted by Gasteiger charge is 2.07. The topological polar surface area (TPSA) is 51.8 Å². The molecule has 0 atom stereocenters. The molecule has 1 aromatic carbocycles. The number of benzene rings is 1. The van der Waals surface area contributed by atoms with Gasteiger partial charge in [0, 0.05) is 5.56 Å². The first-order valence-electron chi connectivity index (χ1n) is 4.51. The molecule has 76 valence electrons. The average molecular weight is 203 g/mol. The molecule has 2 N–H and O–H groups in total. The predicted octanol–water partition coefficient (Wildman–Crippen LogP) is 2.17. The Hall–Kier alpha value is -1.97. The number of nitrogens with two attached hydrogens (primary N) is 1. The van der Waals surface area contributed by atoms with Crippen LogP contribution in [0, 0.1) is 12.7 Å². The Labute approximate surface area is 86.8 Å². The standard InChI is InChI=1S/C11H10FN3/c1-7-8(3-2-4-9(7)12)10-5-14-6-11(13)15-10/h2-6H,1H3,(H2,13,15). The van der Waals surface area contributed by atoms with Crippen LogP contribution in [-0.4, -0.2) is 9.97 Å². The molecular formula is C11H10FN3. The Morgan fingerprint density at radius 1 is 1.27 bits per heavy atom. The lowest BCUT2D eigenvalue weighted by molar-refractivity contribution is 0.619. The Kier molecular flexibility index (Phi) is 2.33. The molecule has 1 heterocycles. The second-order valence-corrected chi connectivity index (χ2v) is 3.24. The highest BCUT2D eigenvalue weighted by Crippen LogP contribution is 2.22. The quantitative estimate of drug-likeness (QED) is 0.772. The van der Waals surface area contributed by atoms with Gasteiger partial charge in [-0.25, -0.2) is 9.37 Å². The smallest absolute Gasteiger partial charge is 0.142 e. The Balaban J connectivity index is 2.59. The lowest BCUT2D eigenvalue weighted by atomic mass is 10.1. The van der Waals surface area contributed by atoms with E-state index in [-0.39, 0.29) is 5.82 Å². The number of hydrogen-bond acceptors (Lipinski definition) is 3. The molecule has 2 aromatic rings. The second kappa shape index (κ2) is 3.65. The van der Waals surface area contributed by atoms with E-state index in [1.54, 1.807) is 25.3 Å². The molecule has 4 heteroatoms. The molecule has 0 amide bonds. The van der Waals surface area contributed by atoms with E-state index in [0.717, 1.165) is 5.56 Å². The molecule has 0 saturated carbocycles. The molecule has 0 fully saturated rings. The van der Waals surface area contributed by atoms with E-state index in [4.69, 9.17) is 5.73 Å². The summed E-state index contributed by atoms with van der Waals surface area (Å²) in [4.78, 5) is 8.02. The summed E-state index contributed by atoms with van der Waals surface area (Å²) in [6.07, 6.45) is 3.02. The summed E-state index contributed by atoms with van der Waals surface area (Å²) in [7, 11) is 0. The van der Waals surface area contributed by atoms with Gasteiger partial charge in [0.2, 0.25) is 0 Å². The maximum atomic E-state index is 13.3. The third-order valence-corrected chi connectivity index (χ3v) is 2.20. The SMILES string of the molecule is Cc1c(F)cccc1-c1cncc(N)n1. The van der Waals surface area contributed by atoms with Gasteiger partial charge in [0.25, 0.3) is 0 Å². The summed E-state index contributed by atoms with van der Waals surface area (Å²) < 4.78 is 13.3. The van der Waals surface area contributed by atoms with Crippen molar-refractivity contribution in [2.45, 2.75) is 6.92 Å². The molecule has 0 aliphatic heterocycles. The first-order valence-corrected chi connectivity index (χ1v) is 4.51. The summed E-state index contributed by atoms with van der Waals surface area (Å²) in [5.74, 6) is 0.0767.